The number of benzene rings is 1. The molecule has 0 fully saturated rings. The third-order valence-electron chi connectivity index (χ3n) is 2.64. The molecule has 0 aliphatic rings. The van der Waals surface area contributed by atoms with E-state index in [1.807, 2.05) is 12.1 Å². The van der Waals surface area contributed by atoms with Crippen LogP contribution < -0.4 is 5.32 Å². The van der Waals surface area contributed by atoms with Gasteiger partial charge in [-0.2, -0.15) is 0 Å². The number of hydrogen-bond acceptors (Lipinski definition) is 3. The third-order valence-corrected chi connectivity index (χ3v) is 2.83. The van der Waals surface area contributed by atoms with E-state index in [9.17, 15) is 9.90 Å². The van der Waals surface area contributed by atoms with E-state index in [4.69, 9.17) is 11.6 Å². The SMILES string of the molecule is O=C(Nc1ccc(CCCl)cc1)c1ccncc1O. The zero-order valence-corrected chi connectivity index (χ0v) is 10.9. The summed E-state index contributed by atoms with van der Waals surface area (Å²) in [6.07, 6.45) is 3.48. The van der Waals surface area contributed by atoms with Crippen molar-refractivity contribution >= 4 is 23.2 Å². The Bertz CT molecular complexity index is 570. The van der Waals surface area contributed by atoms with E-state index in [0.717, 1.165) is 12.0 Å². The summed E-state index contributed by atoms with van der Waals surface area (Å²) in [5.74, 6) is 0.0557. The molecule has 0 bridgehead atoms. The maximum atomic E-state index is 11.9. The number of nitrogens with zero attached hydrogens (tertiary/aromatic N) is 1. The summed E-state index contributed by atoms with van der Waals surface area (Å²) in [7, 11) is 0. The standard InChI is InChI=1S/C14H13ClN2O2/c15-7-5-10-1-3-11(4-2-10)17-14(19)12-6-8-16-9-13(12)18/h1-4,6,8-9,18H,5,7H2,(H,17,19). The van der Waals surface area contributed by atoms with Crippen molar-refractivity contribution in [1.82, 2.24) is 4.98 Å². The number of carbonyl (C=O) groups is 1. The minimum atomic E-state index is -0.370. The summed E-state index contributed by atoms with van der Waals surface area (Å²) >= 11 is 5.65. The summed E-state index contributed by atoms with van der Waals surface area (Å²) in [6.45, 7) is 0. The first-order chi connectivity index (χ1) is 9.20. The molecule has 1 aromatic carbocycles. The molecule has 2 N–H and O–H groups in total. The minimum Gasteiger partial charge on any atom is -0.505 e. The Kier molecular flexibility index (Phi) is 4.36. The smallest absolute Gasteiger partial charge is 0.259 e. The molecule has 0 unspecified atom stereocenters. The van der Waals surface area contributed by atoms with Crippen LogP contribution in [0.5, 0.6) is 5.75 Å². The van der Waals surface area contributed by atoms with Gasteiger partial charge in [0.2, 0.25) is 0 Å². The van der Waals surface area contributed by atoms with E-state index in [2.05, 4.69) is 10.3 Å². The molecule has 0 saturated carbocycles. The second-order valence-electron chi connectivity index (χ2n) is 3.98. The Morgan fingerprint density at radius 2 is 2.00 bits per heavy atom. The number of aromatic hydroxyl groups is 1. The van der Waals surface area contributed by atoms with Crippen LogP contribution in [0.2, 0.25) is 0 Å². The van der Waals surface area contributed by atoms with Gasteiger partial charge in [0.15, 0.2) is 0 Å². The molecule has 2 rings (SSSR count). The second kappa shape index (κ2) is 6.20. The molecular formula is C14H13ClN2O2. The summed E-state index contributed by atoms with van der Waals surface area (Å²) in [6, 6.07) is 8.89. The summed E-state index contributed by atoms with van der Waals surface area (Å²) < 4.78 is 0. The Labute approximate surface area is 116 Å². The molecule has 5 heteroatoms. The quantitative estimate of drug-likeness (QED) is 0.844. The van der Waals surface area contributed by atoms with Crippen molar-refractivity contribution < 1.29 is 9.90 Å². The fourth-order valence-corrected chi connectivity index (χ4v) is 1.86. The van der Waals surface area contributed by atoms with Crippen molar-refractivity contribution in [2.75, 3.05) is 11.2 Å². The molecule has 0 saturated heterocycles. The first-order valence-corrected chi connectivity index (χ1v) is 6.33. The lowest BCUT2D eigenvalue weighted by Gasteiger charge is -2.07. The van der Waals surface area contributed by atoms with Gasteiger partial charge >= 0.3 is 0 Å². The lowest BCUT2D eigenvalue weighted by atomic mass is 10.1. The molecule has 1 amide bonds. The highest BCUT2D eigenvalue weighted by atomic mass is 35.5. The number of amides is 1. The van der Waals surface area contributed by atoms with E-state index >= 15 is 0 Å². The molecule has 0 spiro atoms. The maximum Gasteiger partial charge on any atom is 0.259 e. The number of nitrogens with one attached hydrogen (secondary N) is 1. The Hall–Kier alpha value is -2.07. The van der Waals surface area contributed by atoms with Crippen LogP contribution in [0.4, 0.5) is 5.69 Å². The summed E-state index contributed by atoms with van der Waals surface area (Å²) in [5, 5.41) is 12.2. The lowest BCUT2D eigenvalue weighted by molar-refractivity contribution is 0.102. The van der Waals surface area contributed by atoms with Crippen molar-refractivity contribution in [3.05, 3.63) is 53.9 Å². The number of carbonyl (C=O) groups excluding carboxylic acids is 1. The van der Waals surface area contributed by atoms with Crippen molar-refractivity contribution in [2.45, 2.75) is 6.42 Å². The van der Waals surface area contributed by atoms with Gasteiger partial charge in [-0.05, 0) is 30.2 Å². The van der Waals surface area contributed by atoms with E-state index < -0.39 is 0 Å². The number of hydrogen-bond donors (Lipinski definition) is 2. The minimum absolute atomic E-state index is 0.140. The molecule has 0 aliphatic heterocycles. The van der Waals surface area contributed by atoms with Crippen LogP contribution in [0, 0.1) is 0 Å². The van der Waals surface area contributed by atoms with Crippen LogP contribution in [-0.2, 0) is 6.42 Å². The monoisotopic (exact) mass is 276 g/mol. The normalized spacial score (nSPS) is 10.2. The zero-order chi connectivity index (χ0) is 13.7. The molecule has 2 aromatic rings. The molecule has 1 aromatic heterocycles. The molecule has 0 radical (unpaired) electrons. The fourth-order valence-electron chi connectivity index (χ4n) is 1.64. The maximum absolute atomic E-state index is 11.9. The van der Waals surface area contributed by atoms with Crippen LogP contribution in [-0.4, -0.2) is 21.9 Å². The van der Waals surface area contributed by atoms with Gasteiger partial charge in [-0.1, -0.05) is 12.1 Å². The Morgan fingerprint density at radius 3 is 2.63 bits per heavy atom. The molecule has 0 atom stereocenters. The number of pyridine rings is 1. The summed E-state index contributed by atoms with van der Waals surface area (Å²) in [5.41, 5.74) is 1.97. The highest BCUT2D eigenvalue weighted by Crippen LogP contribution is 2.17. The number of alkyl halides is 1. The summed E-state index contributed by atoms with van der Waals surface area (Å²) in [4.78, 5) is 15.6. The zero-order valence-electron chi connectivity index (χ0n) is 10.1. The van der Waals surface area contributed by atoms with Crippen LogP contribution in [0.25, 0.3) is 0 Å². The molecule has 98 valence electrons. The Balaban J connectivity index is 2.09. The fraction of sp³-hybridized carbons (Fsp3) is 0.143. The van der Waals surface area contributed by atoms with Gasteiger partial charge in [0.05, 0.1) is 11.8 Å². The van der Waals surface area contributed by atoms with E-state index in [0.29, 0.717) is 11.6 Å². The number of aryl methyl sites for hydroxylation is 1. The molecule has 1 heterocycles. The van der Waals surface area contributed by atoms with Gasteiger partial charge in [-0.15, -0.1) is 11.6 Å². The molecule has 19 heavy (non-hydrogen) atoms. The predicted octanol–water partition coefficient (Wildman–Crippen LogP) is 2.82. The number of aromatic nitrogens is 1. The second-order valence-corrected chi connectivity index (χ2v) is 4.36. The third kappa shape index (κ3) is 3.45. The van der Waals surface area contributed by atoms with E-state index in [-0.39, 0.29) is 17.2 Å². The predicted molar refractivity (Wildman–Crippen MR) is 74.7 cm³/mol. The molecular weight excluding hydrogens is 264 g/mol. The molecule has 0 aliphatic carbocycles. The highest BCUT2D eigenvalue weighted by Gasteiger charge is 2.10. The topological polar surface area (TPSA) is 62.2 Å². The van der Waals surface area contributed by atoms with E-state index in [1.165, 1.54) is 18.5 Å². The number of rotatable bonds is 4. The van der Waals surface area contributed by atoms with Crippen molar-refractivity contribution in [3.63, 3.8) is 0 Å². The van der Waals surface area contributed by atoms with Crippen LogP contribution in [0.15, 0.2) is 42.7 Å². The largest absolute Gasteiger partial charge is 0.505 e. The average Bonchev–Trinajstić information content (AvgIpc) is 2.42. The van der Waals surface area contributed by atoms with Crippen LogP contribution in [0.1, 0.15) is 15.9 Å². The van der Waals surface area contributed by atoms with Gasteiger partial charge in [0.1, 0.15) is 5.75 Å². The molecule has 4 nitrogen and oxygen atoms in total. The van der Waals surface area contributed by atoms with Crippen LogP contribution >= 0.6 is 11.6 Å². The van der Waals surface area contributed by atoms with Crippen molar-refractivity contribution in [3.8, 4) is 5.75 Å². The number of anilines is 1. The van der Waals surface area contributed by atoms with Gasteiger partial charge < -0.3 is 10.4 Å². The van der Waals surface area contributed by atoms with Gasteiger partial charge in [0.25, 0.3) is 5.91 Å². The lowest BCUT2D eigenvalue weighted by Crippen LogP contribution is -2.12. The van der Waals surface area contributed by atoms with Gasteiger partial charge in [0, 0.05) is 17.8 Å². The van der Waals surface area contributed by atoms with Crippen molar-refractivity contribution in [1.29, 1.82) is 0 Å². The van der Waals surface area contributed by atoms with Crippen LogP contribution in [0.3, 0.4) is 0 Å². The highest BCUT2D eigenvalue weighted by molar-refractivity contribution is 6.18. The van der Waals surface area contributed by atoms with E-state index in [1.54, 1.807) is 12.1 Å². The first-order valence-electron chi connectivity index (χ1n) is 5.80. The van der Waals surface area contributed by atoms with Gasteiger partial charge in [-0.25, -0.2) is 0 Å². The average molecular weight is 277 g/mol. The first kappa shape index (κ1) is 13.4. The number of halogens is 1. The van der Waals surface area contributed by atoms with Gasteiger partial charge in [-0.3, -0.25) is 9.78 Å². The van der Waals surface area contributed by atoms with Crippen molar-refractivity contribution in [2.24, 2.45) is 0 Å². The Morgan fingerprint density at radius 1 is 1.26 bits per heavy atom.